The highest BCUT2D eigenvalue weighted by molar-refractivity contribution is 7.14. The first kappa shape index (κ1) is 9.70. The highest BCUT2D eigenvalue weighted by Crippen LogP contribution is 2.19. The van der Waals surface area contributed by atoms with Crippen LogP contribution in [0.15, 0.2) is 15.6 Å². The molecule has 2 heterocycles. The Morgan fingerprint density at radius 1 is 1.50 bits per heavy atom. The Labute approximate surface area is 92.6 Å². The molecule has 0 spiro atoms. The minimum atomic E-state index is -0.0426. The van der Waals surface area contributed by atoms with Gasteiger partial charge in [-0.05, 0) is 0 Å². The Kier molecular flexibility index (Phi) is 2.85. The van der Waals surface area contributed by atoms with Crippen molar-refractivity contribution in [2.75, 3.05) is 5.32 Å². The van der Waals surface area contributed by atoms with Crippen molar-refractivity contribution in [2.45, 2.75) is 6.54 Å². The minimum Gasteiger partial charge on any atom is -0.356 e. The van der Waals surface area contributed by atoms with Crippen molar-refractivity contribution in [1.82, 2.24) is 9.97 Å². The third kappa shape index (κ3) is 2.34. The third-order valence-electron chi connectivity index (χ3n) is 1.48. The monoisotopic (exact) mass is 247 g/mol. The number of thiazole rings is 2. The molecule has 0 amide bonds. The Bertz CT molecular complexity index is 475. The summed E-state index contributed by atoms with van der Waals surface area (Å²) in [5.74, 6) is 0. The molecule has 14 heavy (non-hydrogen) atoms. The van der Waals surface area contributed by atoms with Crippen LogP contribution in [0.1, 0.15) is 5.69 Å². The lowest BCUT2D eigenvalue weighted by atomic mass is 10.5. The summed E-state index contributed by atoms with van der Waals surface area (Å²) in [6.07, 6.45) is 0. The second kappa shape index (κ2) is 4.12. The van der Waals surface area contributed by atoms with Gasteiger partial charge in [0, 0.05) is 16.5 Å². The van der Waals surface area contributed by atoms with E-state index in [1.807, 2.05) is 0 Å². The second-order valence-electron chi connectivity index (χ2n) is 2.50. The second-order valence-corrected chi connectivity index (χ2v) is 4.59. The lowest BCUT2D eigenvalue weighted by molar-refractivity contribution is 1.05. The summed E-state index contributed by atoms with van der Waals surface area (Å²) in [7, 11) is 0. The van der Waals surface area contributed by atoms with Crippen molar-refractivity contribution in [1.29, 1.82) is 0 Å². The smallest absolute Gasteiger partial charge is 0.304 e. The van der Waals surface area contributed by atoms with Crippen LogP contribution in [0.5, 0.6) is 0 Å². The molecule has 0 aromatic carbocycles. The van der Waals surface area contributed by atoms with Crippen LogP contribution >= 0.6 is 34.3 Å². The van der Waals surface area contributed by atoms with E-state index in [-0.39, 0.29) is 4.87 Å². The number of H-pyrrole nitrogens is 1. The summed E-state index contributed by atoms with van der Waals surface area (Å²) in [5.41, 5.74) is 0.853. The number of nitrogens with zero attached hydrogens (tertiary/aromatic N) is 1. The molecule has 2 aromatic rings. The number of aromatic nitrogens is 2. The molecule has 7 heteroatoms. The van der Waals surface area contributed by atoms with Crippen molar-refractivity contribution in [2.24, 2.45) is 0 Å². The van der Waals surface area contributed by atoms with Gasteiger partial charge in [-0.15, -0.1) is 11.3 Å². The van der Waals surface area contributed by atoms with Crippen LogP contribution in [-0.2, 0) is 6.54 Å². The van der Waals surface area contributed by atoms with Gasteiger partial charge in [0.2, 0.25) is 0 Å². The average Bonchev–Trinajstić information content (AvgIpc) is 2.72. The lowest BCUT2D eigenvalue weighted by Crippen LogP contribution is -2.02. The summed E-state index contributed by atoms with van der Waals surface area (Å²) in [6.45, 7) is 0.558. The van der Waals surface area contributed by atoms with Gasteiger partial charge in [-0.1, -0.05) is 22.9 Å². The third-order valence-corrected chi connectivity index (χ3v) is 3.32. The van der Waals surface area contributed by atoms with Gasteiger partial charge >= 0.3 is 4.87 Å². The standard InChI is InChI=1S/C7H6ClN3OS2/c8-5-3-13-6(11-5)9-1-4-2-14-7(12)10-4/h2-3H,1H2,(H,9,11)(H,10,12). The first-order chi connectivity index (χ1) is 6.74. The summed E-state index contributed by atoms with van der Waals surface area (Å²) in [5, 5.41) is 7.82. The maximum absolute atomic E-state index is 10.8. The fraction of sp³-hybridized carbons (Fsp3) is 0.143. The van der Waals surface area contributed by atoms with E-state index in [0.717, 1.165) is 22.2 Å². The molecule has 0 unspecified atom stereocenters. The lowest BCUT2D eigenvalue weighted by Gasteiger charge is -1.97. The molecule has 2 N–H and O–H groups in total. The van der Waals surface area contributed by atoms with Crippen molar-refractivity contribution < 1.29 is 0 Å². The number of nitrogens with one attached hydrogen (secondary N) is 2. The van der Waals surface area contributed by atoms with Crippen molar-refractivity contribution in [3.8, 4) is 0 Å². The number of rotatable bonds is 3. The van der Waals surface area contributed by atoms with Gasteiger partial charge < -0.3 is 10.3 Å². The molecule has 0 saturated carbocycles. The molecule has 0 aliphatic carbocycles. The maximum Gasteiger partial charge on any atom is 0.304 e. The molecule has 0 atom stereocenters. The number of hydrogen-bond acceptors (Lipinski definition) is 5. The van der Waals surface area contributed by atoms with Gasteiger partial charge in [-0.25, -0.2) is 4.98 Å². The van der Waals surface area contributed by atoms with E-state index in [4.69, 9.17) is 11.6 Å². The van der Waals surface area contributed by atoms with E-state index >= 15 is 0 Å². The van der Waals surface area contributed by atoms with Gasteiger partial charge in [0.25, 0.3) is 0 Å². The summed E-state index contributed by atoms with van der Waals surface area (Å²) in [4.78, 5) is 17.5. The molecule has 0 fully saturated rings. The highest BCUT2D eigenvalue weighted by Gasteiger charge is 2.00. The molecule has 74 valence electrons. The van der Waals surface area contributed by atoms with Crippen LogP contribution in [0.3, 0.4) is 0 Å². The van der Waals surface area contributed by atoms with Crippen LogP contribution in [-0.4, -0.2) is 9.97 Å². The molecule has 0 aliphatic heterocycles. The topological polar surface area (TPSA) is 57.8 Å². The average molecular weight is 248 g/mol. The van der Waals surface area contributed by atoms with Crippen LogP contribution in [0.4, 0.5) is 5.13 Å². The van der Waals surface area contributed by atoms with E-state index < -0.39 is 0 Å². The summed E-state index contributed by atoms with van der Waals surface area (Å²) in [6, 6.07) is 0. The van der Waals surface area contributed by atoms with E-state index in [1.54, 1.807) is 10.8 Å². The van der Waals surface area contributed by atoms with E-state index in [1.165, 1.54) is 11.3 Å². The quantitative estimate of drug-likeness (QED) is 0.874. The van der Waals surface area contributed by atoms with E-state index in [9.17, 15) is 4.79 Å². The molecule has 0 bridgehead atoms. The number of halogens is 1. The van der Waals surface area contributed by atoms with Crippen molar-refractivity contribution in [3.05, 3.63) is 31.3 Å². The van der Waals surface area contributed by atoms with Crippen LogP contribution in [0, 0.1) is 0 Å². The summed E-state index contributed by atoms with van der Waals surface area (Å²) >= 11 is 8.23. The van der Waals surface area contributed by atoms with Gasteiger partial charge in [-0.2, -0.15) is 0 Å². The summed E-state index contributed by atoms with van der Waals surface area (Å²) < 4.78 is 0. The Morgan fingerprint density at radius 2 is 2.36 bits per heavy atom. The first-order valence-corrected chi connectivity index (χ1v) is 5.89. The fourth-order valence-electron chi connectivity index (χ4n) is 0.907. The number of hydrogen-bond donors (Lipinski definition) is 2. The van der Waals surface area contributed by atoms with Gasteiger partial charge in [0.15, 0.2) is 5.13 Å². The molecule has 0 radical (unpaired) electrons. The normalized spacial score (nSPS) is 10.4. The zero-order valence-corrected chi connectivity index (χ0v) is 9.30. The highest BCUT2D eigenvalue weighted by atomic mass is 35.5. The predicted octanol–water partition coefficient (Wildman–Crippen LogP) is 2.16. The van der Waals surface area contributed by atoms with Crippen LogP contribution < -0.4 is 10.2 Å². The molecular weight excluding hydrogens is 242 g/mol. The molecule has 0 saturated heterocycles. The zero-order valence-electron chi connectivity index (χ0n) is 6.91. The molecular formula is C7H6ClN3OS2. The molecule has 2 aromatic heterocycles. The first-order valence-electron chi connectivity index (χ1n) is 3.75. The molecule has 4 nitrogen and oxygen atoms in total. The van der Waals surface area contributed by atoms with E-state index in [0.29, 0.717) is 11.7 Å². The predicted molar refractivity (Wildman–Crippen MR) is 59.4 cm³/mol. The molecule has 0 aliphatic rings. The maximum atomic E-state index is 10.8. The van der Waals surface area contributed by atoms with Gasteiger partial charge in [0.05, 0.1) is 6.54 Å². The Balaban J connectivity index is 1.98. The Hall–Kier alpha value is -0.850. The fourth-order valence-corrected chi connectivity index (χ4v) is 2.32. The minimum absolute atomic E-state index is 0.0426. The van der Waals surface area contributed by atoms with Crippen LogP contribution in [0.2, 0.25) is 5.15 Å². The largest absolute Gasteiger partial charge is 0.356 e. The van der Waals surface area contributed by atoms with E-state index in [2.05, 4.69) is 15.3 Å². The zero-order chi connectivity index (χ0) is 9.97. The van der Waals surface area contributed by atoms with Crippen LogP contribution in [0.25, 0.3) is 0 Å². The van der Waals surface area contributed by atoms with Crippen molar-refractivity contribution >= 4 is 39.4 Å². The number of anilines is 1. The van der Waals surface area contributed by atoms with Gasteiger partial charge in [0.1, 0.15) is 5.15 Å². The SMILES string of the molecule is O=c1[nH]c(CNc2nc(Cl)cs2)cs1. The Morgan fingerprint density at radius 3 is 2.93 bits per heavy atom. The number of aromatic amines is 1. The van der Waals surface area contributed by atoms with Gasteiger partial charge in [-0.3, -0.25) is 4.79 Å². The molecule has 2 rings (SSSR count). The van der Waals surface area contributed by atoms with Crippen molar-refractivity contribution in [3.63, 3.8) is 0 Å².